The predicted octanol–water partition coefficient (Wildman–Crippen LogP) is 1.45. The van der Waals surface area contributed by atoms with E-state index >= 15 is 0 Å². The van der Waals surface area contributed by atoms with E-state index in [1.165, 1.54) is 0 Å². The quantitative estimate of drug-likeness (QED) is 0.643. The second-order valence-electron chi connectivity index (χ2n) is 5.52. The van der Waals surface area contributed by atoms with E-state index in [1.807, 2.05) is 50.2 Å². The average Bonchev–Trinajstić information content (AvgIpc) is 2.56. The van der Waals surface area contributed by atoms with Gasteiger partial charge in [-0.3, -0.25) is 4.79 Å². The van der Waals surface area contributed by atoms with Gasteiger partial charge in [0.1, 0.15) is 12.6 Å². The van der Waals surface area contributed by atoms with Crippen LogP contribution in [0.25, 0.3) is 0 Å². The lowest BCUT2D eigenvalue weighted by Gasteiger charge is -2.18. The first-order valence-electron chi connectivity index (χ1n) is 7.76. The van der Waals surface area contributed by atoms with Crippen LogP contribution in [0.3, 0.4) is 0 Å². The van der Waals surface area contributed by atoms with Crippen molar-refractivity contribution in [3.05, 3.63) is 53.3 Å². The molecule has 0 aliphatic heterocycles. The Labute approximate surface area is 152 Å². The van der Waals surface area contributed by atoms with Gasteiger partial charge in [0.05, 0.1) is 0 Å². The Balaban J connectivity index is 1.87. The Hall–Kier alpha value is -2.74. The summed E-state index contributed by atoms with van der Waals surface area (Å²) in [6, 6.07) is 10.7. The van der Waals surface area contributed by atoms with E-state index in [4.69, 9.17) is 22.7 Å². The van der Waals surface area contributed by atoms with Crippen molar-refractivity contribution >= 4 is 29.2 Å². The minimum Gasteiger partial charge on any atom is -0.466 e. The molecule has 1 heterocycles. The molecule has 1 aromatic carbocycles. The molecule has 132 valence electrons. The molecular weight excluding hydrogens is 338 g/mol. The number of aryl methyl sites for hydroxylation is 2. The van der Waals surface area contributed by atoms with Crippen LogP contribution >= 0.6 is 12.2 Å². The Bertz CT molecular complexity index is 719. The molecule has 1 amide bonds. The topological polar surface area (TPSA) is 102 Å². The number of nitrogens with one attached hydrogen (secondary N) is 2. The highest BCUT2D eigenvalue weighted by atomic mass is 32.1. The van der Waals surface area contributed by atoms with Gasteiger partial charge in [-0.1, -0.05) is 30.3 Å². The maximum atomic E-state index is 11.6. The molecule has 1 atom stereocenters. The number of anilines is 1. The first kappa shape index (κ1) is 18.6. The number of rotatable bonds is 7. The van der Waals surface area contributed by atoms with Crippen LogP contribution in [0.5, 0.6) is 0 Å². The fraction of sp³-hybridized carbons (Fsp3) is 0.294. The molecule has 2 rings (SSSR count). The lowest BCUT2D eigenvalue weighted by Crippen LogP contribution is -2.48. The highest BCUT2D eigenvalue weighted by Gasteiger charge is 2.17. The van der Waals surface area contributed by atoms with Crippen LogP contribution in [0, 0.1) is 13.8 Å². The van der Waals surface area contributed by atoms with Gasteiger partial charge in [0.25, 0.3) is 5.17 Å². The fourth-order valence-electron chi connectivity index (χ4n) is 2.13. The van der Waals surface area contributed by atoms with Crippen molar-refractivity contribution in [1.82, 2.24) is 15.3 Å². The van der Waals surface area contributed by atoms with Gasteiger partial charge in [-0.2, -0.15) is 0 Å². The number of carbonyl (C=O) groups is 1. The van der Waals surface area contributed by atoms with Gasteiger partial charge in [0.15, 0.2) is 0 Å². The number of benzene rings is 1. The van der Waals surface area contributed by atoms with Gasteiger partial charge in [0, 0.05) is 17.9 Å². The highest BCUT2D eigenvalue weighted by Crippen LogP contribution is 2.04. The maximum absolute atomic E-state index is 11.6. The summed E-state index contributed by atoms with van der Waals surface area (Å²) in [6.07, 6.45) is 0. The first-order chi connectivity index (χ1) is 11.9. The highest BCUT2D eigenvalue weighted by molar-refractivity contribution is 7.80. The molecule has 0 fully saturated rings. The average molecular weight is 359 g/mol. The number of thiocarbonyl (C=S) groups is 1. The van der Waals surface area contributed by atoms with E-state index < -0.39 is 11.9 Å². The lowest BCUT2D eigenvalue weighted by atomic mass is 10.2. The minimum atomic E-state index is -0.743. The zero-order valence-corrected chi connectivity index (χ0v) is 15.0. The molecule has 0 saturated heterocycles. The molecular formula is C17H21N5O2S. The van der Waals surface area contributed by atoms with Crippen molar-refractivity contribution in [2.45, 2.75) is 26.5 Å². The normalized spacial score (nSPS) is 11.4. The van der Waals surface area contributed by atoms with Crippen molar-refractivity contribution in [2.24, 2.45) is 5.73 Å². The SMILES string of the molecule is Cc1cc(C)nc(NCC(NC(=S)OCc2ccccc2)C(N)=O)n1. The molecule has 0 bridgehead atoms. The Kier molecular flexibility index (Phi) is 6.64. The number of hydrogen-bond donors (Lipinski definition) is 3. The summed E-state index contributed by atoms with van der Waals surface area (Å²) in [5.74, 6) is -0.121. The molecule has 1 aromatic heterocycles. The summed E-state index contributed by atoms with van der Waals surface area (Å²) in [5, 5.41) is 5.90. The van der Waals surface area contributed by atoms with E-state index in [-0.39, 0.29) is 11.7 Å². The number of carbonyl (C=O) groups excluding carboxylic acids is 1. The molecule has 4 N–H and O–H groups in total. The lowest BCUT2D eigenvalue weighted by molar-refractivity contribution is -0.119. The Morgan fingerprint density at radius 1 is 1.24 bits per heavy atom. The van der Waals surface area contributed by atoms with Crippen molar-refractivity contribution in [1.29, 1.82) is 0 Å². The molecule has 25 heavy (non-hydrogen) atoms. The van der Waals surface area contributed by atoms with Crippen LogP contribution in [0.1, 0.15) is 17.0 Å². The summed E-state index contributed by atoms with van der Waals surface area (Å²) in [6.45, 7) is 4.24. The summed E-state index contributed by atoms with van der Waals surface area (Å²) in [7, 11) is 0. The van der Waals surface area contributed by atoms with E-state index in [0.29, 0.717) is 12.6 Å². The molecule has 8 heteroatoms. The molecule has 2 aromatic rings. The van der Waals surface area contributed by atoms with Gasteiger partial charge in [-0.05, 0) is 37.7 Å². The second-order valence-corrected chi connectivity index (χ2v) is 5.89. The molecule has 0 aliphatic carbocycles. The van der Waals surface area contributed by atoms with Gasteiger partial charge in [-0.25, -0.2) is 9.97 Å². The molecule has 0 aliphatic rings. The van der Waals surface area contributed by atoms with Gasteiger partial charge in [-0.15, -0.1) is 0 Å². The summed E-state index contributed by atoms with van der Waals surface area (Å²) in [4.78, 5) is 20.1. The third-order valence-corrected chi connectivity index (χ3v) is 3.53. The third kappa shape index (κ3) is 6.34. The largest absolute Gasteiger partial charge is 0.466 e. The van der Waals surface area contributed by atoms with Crippen LogP contribution in [-0.2, 0) is 16.1 Å². The van der Waals surface area contributed by atoms with Crippen LogP contribution in [0.4, 0.5) is 5.95 Å². The first-order valence-corrected chi connectivity index (χ1v) is 8.17. The van der Waals surface area contributed by atoms with Crippen LogP contribution in [0.15, 0.2) is 36.4 Å². The van der Waals surface area contributed by atoms with E-state index in [0.717, 1.165) is 17.0 Å². The number of aromatic nitrogens is 2. The smallest absolute Gasteiger partial charge is 0.257 e. The van der Waals surface area contributed by atoms with Crippen LogP contribution in [0.2, 0.25) is 0 Å². The van der Waals surface area contributed by atoms with Gasteiger partial charge >= 0.3 is 0 Å². The number of amides is 1. The summed E-state index contributed by atoms with van der Waals surface area (Å²) < 4.78 is 5.45. The molecule has 0 spiro atoms. The molecule has 1 unspecified atom stereocenters. The Morgan fingerprint density at radius 2 is 1.88 bits per heavy atom. The van der Waals surface area contributed by atoms with Crippen LogP contribution in [-0.4, -0.2) is 33.6 Å². The second kappa shape index (κ2) is 8.93. The molecule has 0 saturated carbocycles. The van der Waals surface area contributed by atoms with E-state index in [1.54, 1.807) is 0 Å². The number of hydrogen-bond acceptors (Lipinski definition) is 6. The number of nitrogens with two attached hydrogens (primary N) is 1. The molecule has 0 radical (unpaired) electrons. The van der Waals surface area contributed by atoms with Gasteiger partial charge < -0.3 is 21.1 Å². The summed E-state index contributed by atoms with van der Waals surface area (Å²) in [5.41, 5.74) is 8.06. The number of primary amides is 1. The van der Waals surface area contributed by atoms with Crippen molar-refractivity contribution < 1.29 is 9.53 Å². The standard InChI is InChI=1S/C17H21N5O2S/c1-11-8-12(2)21-16(20-11)19-9-14(15(18)23)22-17(25)24-10-13-6-4-3-5-7-13/h3-8,14H,9-10H2,1-2H3,(H2,18,23)(H,22,25)(H,19,20,21). The van der Waals surface area contributed by atoms with Crippen molar-refractivity contribution in [2.75, 3.05) is 11.9 Å². The maximum Gasteiger partial charge on any atom is 0.257 e. The Morgan fingerprint density at radius 3 is 2.48 bits per heavy atom. The fourth-order valence-corrected chi connectivity index (χ4v) is 2.33. The van der Waals surface area contributed by atoms with E-state index in [2.05, 4.69) is 20.6 Å². The van der Waals surface area contributed by atoms with E-state index in [9.17, 15) is 4.79 Å². The predicted molar refractivity (Wildman–Crippen MR) is 99.9 cm³/mol. The summed E-state index contributed by atoms with van der Waals surface area (Å²) >= 11 is 5.12. The van der Waals surface area contributed by atoms with Crippen molar-refractivity contribution in [3.63, 3.8) is 0 Å². The zero-order valence-electron chi connectivity index (χ0n) is 14.2. The third-order valence-electron chi connectivity index (χ3n) is 3.29. The van der Waals surface area contributed by atoms with Crippen LogP contribution < -0.4 is 16.4 Å². The molecule has 7 nitrogen and oxygen atoms in total. The minimum absolute atomic E-state index is 0.107. The van der Waals surface area contributed by atoms with Gasteiger partial charge in [0.2, 0.25) is 11.9 Å². The number of ether oxygens (including phenoxy) is 1. The van der Waals surface area contributed by atoms with Crippen molar-refractivity contribution in [3.8, 4) is 0 Å². The number of nitrogens with zero attached hydrogens (tertiary/aromatic N) is 2. The zero-order chi connectivity index (χ0) is 18.2. The monoisotopic (exact) mass is 359 g/mol.